The largest absolute Gasteiger partial charge is 0.429 e. The lowest BCUT2D eigenvalue weighted by Crippen LogP contribution is -2.13. The Morgan fingerprint density at radius 2 is 0.721 bits per heavy atom. The molecule has 0 N–H and O–H groups in total. The van der Waals surface area contributed by atoms with E-state index < -0.39 is 12.6 Å². The minimum absolute atomic E-state index is 0.265. The van der Waals surface area contributed by atoms with Crippen LogP contribution in [0.1, 0.15) is 194 Å². The van der Waals surface area contributed by atoms with E-state index in [1.807, 2.05) is 0 Å². The molecule has 2 unspecified atom stereocenters. The molecule has 0 spiro atoms. The first kappa shape index (κ1) is 39.4. The van der Waals surface area contributed by atoms with Gasteiger partial charge in [-0.1, -0.05) is 141 Å². The van der Waals surface area contributed by atoms with Gasteiger partial charge in [0.1, 0.15) is 0 Å². The van der Waals surface area contributed by atoms with Crippen molar-refractivity contribution >= 4 is 11.9 Å². The summed E-state index contributed by atoms with van der Waals surface area (Å²) in [6.45, 7) is 4.52. The molecular formula is C38H68O5. The monoisotopic (exact) mass is 605 g/mol. The molecule has 1 aliphatic heterocycles. The second-order valence-electron chi connectivity index (χ2n) is 12.5. The van der Waals surface area contributed by atoms with Crippen LogP contribution in [0.25, 0.3) is 0 Å². The maximum Gasteiger partial charge on any atom is 0.308 e. The smallest absolute Gasteiger partial charge is 0.308 e. The predicted octanol–water partition coefficient (Wildman–Crippen LogP) is 11.8. The standard InChI is InChI=1S/C38H68O5/c1-3-5-7-9-11-13-15-17-19-21-23-25-27-29-31-33-35(39)41-37-38(43-37)42-36(40)34-32-30-28-26-24-22-20-18-16-14-12-10-8-6-4-2/h17-20,37-38H,3-16,21-34H2,1-2H3/b19-17-,20-18-. The first-order valence-corrected chi connectivity index (χ1v) is 18.5. The van der Waals surface area contributed by atoms with E-state index in [9.17, 15) is 9.59 Å². The SMILES string of the molecule is CCCCCCCC/C=C\CCCCCCCC(=O)OC1OC1OC(=O)CCCCCCC/C=C\CCCCCCCC. The highest BCUT2D eigenvalue weighted by Gasteiger charge is 2.46. The van der Waals surface area contributed by atoms with Gasteiger partial charge in [-0.2, -0.15) is 0 Å². The molecule has 0 amide bonds. The van der Waals surface area contributed by atoms with Gasteiger partial charge in [0.25, 0.3) is 12.6 Å². The van der Waals surface area contributed by atoms with Crippen LogP contribution in [0.2, 0.25) is 0 Å². The predicted molar refractivity (Wildman–Crippen MR) is 180 cm³/mol. The second-order valence-corrected chi connectivity index (χ2v) is 12.5. The lowest BCUT2D eigenvalue weighted by Gasteiger charge is -2.03. The van der Waals surface area contributed by atoms with Gasteiger partial charge < -0.3 is 9.47 Å². The lowest BCUT2D eigenvalue weighted by atomic mass is 10.1. The number of carbonyl (C=O) groups excluding carboxylic acids is 2. The molecule has 1 rings (SSSR count). The van der Waals surface area contributed by atoms with Gasteiger partial charge in [0.05, 0.1) is 0 Å². The summed E-state index contributed by atoms with van der Waals surface area (Å²) in [5.41, 5.74) is 0. The molecule has 1 aliphatic rings. The van der Waals surface area contributed by atoms with E-state index in [0.717, 1.165) is 51.4 Å². The summed E-state index contributed by atoms with van der Waals surface area (Å²) >= 11 is 0. The third kappa shape index (κ3) is 27.7. The maximum atomic E-state index is 12.0. The van der Waals surface area contributed by atoms with Crippen molar-refractivity contribution in [3.05, 3.63) is 24.3 Å². The van der Waals surface area contributed by atoms with E-state index in [-0.39, 0.29) is 11.9 Å². The lowest BCUT2D eigenvalue weighted by molar-refractivity contribution is -0.152. The third-order valence-electron chi connectivity index (χ3n) is 8.19. The molecule has 2 atom stereocenters. The zero-order chi connectivity index (χ0) is 31.1. The molecule has 43 heavy (non-hydrogen) atoms. The minimum Gasteiger partial charge on any atom is -0.429 e. The zero-order valence-corrected chi connectivity index (χ0v) is 28.3. The van der Waals surface area contributed by atoms with E-state index in [2.05, 4.69) is 38.2 Å². The Bertz CT molecular complexity index is 642. The van der Waals surface area contributed by atoms with E-state index in [4.69, 9.17) is 14.2 Å². The Morgan fingerprint density at radius 1 is 0.442 bits per heavy atom. The van der Waals surface area contributed by atoms with Crippen molar-refractivity contribution in [3.63, 3.8) is 0 Å². The summed E-state index contributed by atoms with van der Waals surface area (Å²) in [4.78, 5) is 24.1. The van der Waals surface area contributed by atoms with Crippen LogP contribution in [0, 0.1) is 0 Å². The van der Waals surface area contributed by atoms with Crippen molar-refractivity contribution in [2.24, 2.45) is 0 Å². The number of hydrogen-bond acceptors (Lipinski definition) is 5. The van der Waals surface area contributed by atoms with Crippen molar-refractivity contribution < 1.29 is 23.8 Å². The van der Waals surface area contributed by atoms with Crippen molar-refractivity contribution in [2.45, 2.75) is 206 Å². The summed E-state index contributed by atoms with van der Waals surface area (Å²) in [6, 6.07) is 0. The molecule has 0 radical (unpaired) electrons. The number of hydrogen-bond donors (Lipinski definition) is 0. The molecule has 0 aliphatic carbocycles. The second kappa shape index (κ2) is 30.4. The molecule has 5 nitrogen and oxygen atoms in total. The van der Waals surface area contributed by atoms with Crippen LogP contribution in [0.4, 0.5) is 0 Å². The molecule has 1 heterocycles. The minimum atomic E-state index is -0.714. The van der Waals surface area contributed by atoms with Crippen molar-refractivity contribution in [2.75, 3.05) is 0 Å². The van der Waals surface area contributed by atoms with E-state index >= 15 is 0 Å². The number of allylic oxidation sites excluding steroid dienone is 4. The van der Waals surface area contributed by atoms with Crippen molar-refractivity contribution in [1.82, 2.24) is 0 Å². The number of esters is 2. The average Bonchev–Trinajstić information content (AvgIpc) is 3.73. The van der Waals surface area contributed by atoms with Gasteiger partial charge in [0, 0.05) is 12.8 Å². The molecule has 250 valence electrons. The summed E-state index contributed by atoms with van der Waals surface area (Å²) in [7, 11) is 0. The first-order valence-electron chi connectivity index (χ1n) is 18.5. The average molecular weight is 605 g/mol. The summed E-state index contributed by atoms with van der Waals surface area (Å²) in [6.07, 6.45) is 40.7. The molecule has 0 saturated carbocycles. The normalized spacial score (nSPS) is 16.3. The quantitative estimate of drug-likeness (QED) is 0.0331. The fourth-order valence-electron chi connectivity index (χ4n) is 5.31. The highest BCUT2D eigenvalue weighted by Crippen LogP contribution is 2.26. The topological polar surface area (TPSA) is 65.1 Å². The number of epoxide rings is 1. The van der Waals surface area contributed by atoms with Crippen molar-refractivity contribution in [1.29, 1.82) is 0 Å². The van der Waals surface area contributed by atoms with Crippen LogP contribution < -0.4 is 0 Å². The number of carbonyl (C=O) groups is 2. The van der Waals surface area contributed by atoms with Gasteiger partial charge in [0.2, 0.25) is 0 Å². The highest BCUT2D eigenvalue weighted by molar-refractivity contribution is 5.70. The molecule has 5 heteroatoms. The Kier molecular flexibility index (Phi) is 27.9. The molecule has 1 fully saturated rings. The van der Waals surface area contributed by atoms with E-state index in [1.165, 1.54) is 116 Å². The summed E-state index contributed by atoms with van der Waals surface area (Å²) < 4.78 is 15.8. The van der Waals surface area contributed by atoms with Gasteiger partial charge in [-0.05, 0) is 64.2 Å². The van der Waals surface area contributed by atoms with Crippen molar-refractivity contribution in [3.8, 4) is 0 Å². The molecule has 0 aromatic rings. The number of unbranched alkanes of at least 4 members (excludes halogenated alkanes) is 22. The van der Waals surface area contributed by atoms with Crippen LogP contribution in [0.3, 0.4) is 0 Å². The number of ether oxygens (including phenoxy) is 3. The fraction of sp³-hybridized carbons (Fsp3) is 0.842. The van der Waals surface area contributed by atoms with Gasteiger partial charge in [-0.3, -0.25) is 14.3 Å². The first-order chi connectivity index (χ1) is 21.2. The zero-order valence-electron chi connectivity index (χ0n) is 28.3. The van der Waals surface area contributed by atoms with Gasteiger partial charge >= 0.3 is 11.9 Å². The van der Waals surface area contributed by atoms with Crippen LogP contribution in [-0.2, 0) is 23.8 Å². The van der Waals surface area contributed by atoms with Gasteiger partial charge in [-0.25, -0.2) is 0 Å². The van der Waals surface area contributed by atoms with Gasteiger partial charge in [-0.15, -0.1) is 0 Å². The maximum absolute atomic E-state index is 12.0. The summed E-state index contributed by atoms with van der Waals surface area (Å²) in [5, 5.41) is 0. The molecule has 1 saturated heterocycles. The van der Waals surface area contributed by atoms with Crippen LogP contribution in [-0.4, -0.2) is 24.5 Å². The van der Waals surface area contributed by atoms with Gasteiger partial charge in [0.15, 0.2) is 0 Å². The Balaban J connectivity index is 1.83. The molecule has 0 bridgehead atoms. The molecular weight excluding hydrogens is 536 g/mol. The Hall–Kier alpha value is -1.62. The van der Waals surface area contributed by atoms with E-state index in [0.29, 0.717) is 12.8 Å². The van der Waals surface area contributed by atoms with E-state index in [1.54, 1.807) is 0 Å². The van der Waals surface area contributed by atoms with Crippen LogP contribution in [0.5, 0.6) is 0 Å². The molecule has 0 aromatic heterocycles. The Labute approximate surface area is 266 Å². The molecule has 0 aromatic carbocycles. The van der Waals surface area contributed by atoms with Crippen LogP contribution in [0.15, 0.2) is 24.3 Å². The Morgan fingerprint density at radius 3 is 1.05 bits per heavy atom. The van der Waals surface area contributed by atoms with Crippen LogP contribution >= 0.6 is 0 Å². The highest BCUT2D eigenvalue weighted by atomic mass is 16.9. The number of rotatable bonds is 32. The fourth-order valence-corrected chi connectivity index (χ4v) is 5.31. The third-order valence-corrected chi connectivity index (χ3v) is 8.19. The summed E-state index contributed by atoms with van der Waals surface area (Å²) in [5.74, 6) is -0.531.